The second-order valence-electron chi connectivity index (χ2n) is 7.13. The summed E-state index contributed by atoms with van der Waals surface area (Å²) in [6.07, 6.45) is 1.21. The summed E-state index contributed by atoms with van der Waals surface area (Å²) in [7, 11) is 0. The summed E-state index contributed by atoms with van der Waals surface area (Å²) < 4.78 is 0. The second kappa shape index (κ2) is 8.85. The van der Waals surface area contributed by atoms with Crippen LogP contribution in [0.1, 0.15) is 27.2 Å². The molecule has 23 heavy (non-hydrogen) atoms. The van der Waals surface area contributed by atoms with Crippen LogP contribution >= 0.6 is 12.4 Å². The van der Waals surface area contributed by atoms with Gasteiger partial charge in [-0.2, -0.15) is 0 Å². The highest BCUT2D eigenvalue weighted by Crippen LogP contribution is 2.21. The number of piperidine rings is 1. The molecule has 3 unspecified atom stereocenters. The van der Waals surface area contributed by atoms with Crippen LogP contribution in [0, 0.1) is 11.8 Å². The number of piperazine rings is 1. The summed E-state index contributed by atoms with van der Waals surface area (Å²) in [4.78, 5) is 30.3. The molecule has 2 aliphatic heterocycles. The molecule has 2 aliphatic rings. The van der Waals surface area contributed by atoms with Crippen LogP contribution in [-0.4, -0.2) is 78.4 Å². The van der Waals surface area contributed by atoms with Gasteiger partial charge in [-0.1, -0.05) is 13.8 Å². The summed E-state index contributed by atoms with van der Waals surface area (Å²) in [5.74, 6) is 1.41. The average molecular weight is 347 g/mol. The number of likely N-dealkylation sites (tertiary alicyclic amines) is 1. The first-order valence-electron chi connectivity index (χ1n) is 8.41. The predicted molar refractivity (Wildman–Crippen MR) is 93.4 cm³/mol. The SMILES string of the molecule is CC1CC(C)CN(C(=O)CN2CCN(C(=O)C(C)N)CC2)C1.Cl. The third kappa shape index (κ3) is 5.62. The van der Waals surface area contributed by atoms with Crippen LogP contribution in [0.3, 0.4) is 0 Å². The molecule has 0 aromatic rings. The smallest absolute Gasteiger partial charge is 0.239 e. The van der Waals surface area contributed by atoms with Crippen molar-refractivity contribution in [2.45, 2.75) is 33.2 Å². The molecule has 2 fully saturated rings. The van der Waals surface area contributed by atoms with Gasteiger partial charge in [-0.25, -0.2) is 0 Å². The highest BCUT2D eigenvalue weighted by molar-refractivity contribution is 5.85. The highest BCUT2D eigenvalue weighted by atomic mass is 35.5. The van der Waals surface area contributed by atoms with E-state index in [1.54, 1.807) is 11.8 Å². The fourth-order valence-corrected chi connectivity index (χ4v) is 3.57. The maximum absolute atomic E-state index is 12.5. The lowest BCUT2D eigenvalue weighted by atomic mass is 9.92. The quantitative estimate of drug-likeness (QED) is 0.803. The van der Waals surface area contributed by atoms with Gasteiger partial charge >= 0.3 is 0 Å². The molecule has 0 aliphatic carbocycles. The van der Waals surface area contributed by atoms with E-state index in [1.165, 1.54) is 6.42 Å². The number of hydrogen-bond acceptors (Lipinski definition) is 4. The first-order chi connectivity index (χ1) is 10.4. The number of rotatable bonds is 3. The lowest BCUT2D eigenvalue weighted by molar-refractivity contribution is -0.137. The summed E-state index contributed by atoms with van der Waals surface area (Å²) in [6.45, 7) is 11.2. The van der Waals surface area contributed by atoms with Gasteiger partial charge in [0, 0.05) is 39.3 Å². The fourth-order valence-electron chi connectivity index (χ4n) is 3.57. The lowest BCUT2D eigenvalue weighted by Crippen LogP contribution is -2.55. The third-order valence-electron chi connectivity index (χ3n) is 4.65. The molecule has 2 saturated heterocycles. The number of halogens is 1. The summed E-state index contributed by atoms with van der Waals surface area (Å²) in [5, 5.41) is 0. The monoisotopic (exact) mass is 346 g/mol. The van der Waals surface area contributed by atoms with Crippen molar-refractivity contribution >= 4 is 24.2 Å². The van der Waals surface area contributed by atoms with E-state index in [0.717, 1.165) is 26.2 Å². The van der Waals surface area contributed by atoms with Gasteiger partial charge in [0.05, 0.1) is 12.6 Å². The first-order valence-corrected chi connectivity index (χ1v) is 8.41. The summed E-state index contributed by atoms with van der Waals surface area (Å²) in [6, 6.07) is -0.440. The Balaban J connectivity index is 0.00000264. The zero-order valence-electron chi connectivity index (χ0n) is 14.5. The Kier molecular flexibility index (Phi) is 7.77. The molecule has 2 N–H and O–H groups in total. The van der Waals surface area contributed by atoms with E-state index in [4.69, 9.17) is 5.73 Å². The van der Waals surface area contributed by atoms with Crippen LogP contribution in [-0.2, 0) is 9.59 Å². The van der Waals surface area contributed by atoms with Crippen molar-refractivity contribution in [2.75, 3.05) is 45.8 Å². The van der Waals surface area contributed by atoms with Gasteiger partial charge in [0.15, 0.2) is 0 Å². The molecule has 0 bridgehead atoms. The summed E-state index contributed by atoms with van der Waals surface area (Å²) >= 11 is 0. The largest absolute Gasteiger partial charge is 0.341 e. The van der Waals surface area contributed by atoms with E-state index in [9.17, 15) is 9.59 Å². The van der Waals surface area contributed by atoms with E-state index >= 15 is 0 Å². The predicted octanol–water partition coefficient (Wildman–Crippen LogP) is 0.404. The van der Waals surface area contributed by atoms with Crippen LogP contribution in [0.4, 0.5) is 0 Å². The minimum absolute atomic E-state index is 0. The molecule has 134 valence electrons. The van der Waals surface area contributed by atoms with E-state index < -0.39 is 6.04 Å². The van der Waals surface area contributed by atoms with Gasteiger partial charge < -0.3 is 15.5 Å². The minimum atomic E-state index is -0.440. The Morgan fingerprint density at radius 3 is 2.04 bits per heavy atom. The Labute approximate surface area is 145 Å². The Morgan fingerprint density at radius 2 is 1.57 bits per heavy atom. The molecule has 0 saturated carbocycles. The van der Waals surface area contributed by atoms with Crippen molar-refractivity contribution in [2.24, 2.45) is 17.6 Å². The van der Waals surface area contributed by atoms with Crippen molar-refractivity contribution in [1.82, 2.24) is 14.7 Å². The van der Waals surface area contributed by atoms with Crippen LogP contribution in [0.25, 0.3) is 0 Å². The van der Waals surface area contributed by atoms with E-state index in [2.05, 4.69) is 18.7 Å². The standard InChI is InChI=1S/C16H30N4O2.ClH/c1-12-8-13(2)10-20(9-12)15(21)11-18-4-6-19(7-5-18)16(22)14(3)17;/h12-14H,4-11,17H2,1-3H3;1H. The van der Waals surface area contributed by atoms with Crippen LogP contribution in [0.2, 0.25) is 0 Å². The van der Waals surface area contributed by atoms with Gasteiger partial charge in [-0.15, -0.1) is 12.4 Å². The minimum Gasteiger partial charge on any atom is -0.341 e. The lowest BCUT2D eigenvalue weighted by Gasteiger charge is -2.38. The average Bonchev–Trinajstić information content (AvgIpc) is 2.46. The van der Waals surface area contributed by atoms with Gasteiger partial charge in [-0.05, 0) is 25.2 Å². The summed E-state index contributed by atoms with van der Waals surface area (Å²) in [5.41, 5.74) is 5.64. The molecular formula is C16H31ClN4O2. The topological polar surface area (TPSA) is 69.9 Å². The van der Waals surface area contributed by atoms with Crippen LogP contribution < -0.4 is 5.73 Å². The molecule has 2 amide bonds. The van der Waals surface area contributed by atoms with E-state index in [0.29, 0.717) is 31.5 Å². The Hall–Kier alpha value is -0.850. The number of hydrogen-bond donors (Lipinski definition) is 1. The van der Waals surface area contributed by atoms with Gasteiger partial charge in [0.25, 0.3) is 0 Å². The molecule has 7 heteroatoms. The van der Waals surface area contributed by atoms with Crippen molar-refractivity contribution in [3.8, 4) is 0 Å². The molecule has 2 heterocycles. The first kappa shape index (κ1) is 20.2. The van der Waals surface area contributed by atoms with Crippen LogP contribution in [0.5, 0.6) is 0 Å². The molecule has 6 nitrogen and oxygen atoms in total. The number of nitrogens with zero attached hydrogens (tertiary/aromatic N) is 3. The molecule has 2 rings (SSSR count). The third-order valence-corrected chi connectivity index (χ3v) is 4.65. The van der Waals surface area contributed by atoms with Crippen molar-refractivity contribution < 1.29 is 9.59 Å². The fraction of sp³-hybridized carbons (Fsp3) is 0.875. The normalized spacial score (nSPS) is 27.3. The molecule has 0 spiro atoms. The van der Waals surface area contributed by atoms with E-state index in [-0.39, 0.29) is 24.2 Å². The molecular weight excluding hydrogens is 316 g/mol. The zero-order chi connectivity index (χ0) is 16.3. The second-order valence-corrected chi connectivity index (χ2v) is 7.13. The maximum atomic E-state index is 12.5. The molecule has 3 atom stereocenters. The van der Waals surface area contributed by atoms with Gasteiger partial charge in [-0.3, -0.25) is 14.5 Å². The van der Waals surface area contributed by atoms with Gasteiger partial charge in [0.1, 0.15) is 0 Å². The van der Waals surface area contributed by atoms with E-state index in [1.807, 2.05) is 4.90 Å². The van der Waals surface area contributed by atoms with Crippen LogP contribution in [0.15, 0.2) is 0 Å². The number of carbonyl (C=O) groups is 2. The van der Waals surface area contributed by atoms with Crippen molar-refractivity contribution in [3.05, 3.63) is 0 Å². The molecule has 0 aromatic heterocycles. The van der Waals surface area contributed by atoms with Crippen molar-refractivity contribution in [3.63, 3.8) is 0 Å². The molecule has 0 aromatic carbocycles. The Bertz CT molecular complexity index is 401. The maximum Gasteiger partial charge on any atom is 0.239 e. The Morgan fingerprint density at radius 1 is 1.04 bits per heavy atom. The zero-order valence-corrected chi connectivity index (χ0v) is 15.3. The number of nitrogens with two attached hydrogens (primary N) is 1. The number of carbonyl (C=O) groups excluding carboxylic acids is 2. The van der Waals surface area contributed by atoms with Gasteiger partial charge in [0.2, 0.25) is 11.8 Å². The molecule has 0 radical (unpaired) electrons. The van der Waals surface area contributed by atoms with Crippen molar-refractivity contribution in [1.29, 1.82) is 0 Å². The number of amides is 2. The highest BCUT2D eigenvalue weighted by Gasteiger charge is 2.28.